The Labute approximate surface area is 127 Å². The number of halogens is 2. The molecule has 0 unspecified atom stereocenters. The van der Waals surface area contributed by atoms with Gasteiger partial charge < -0.3 is 10.6 Å². The number of benzene rings is 1. The van der Waals surface area contributed by atoms with Gasteiger partial charge >= 0.3 is 6.03 Å². The van der Waals surface area contributed by atoms with Gasteiger partial charge in [0.25, 0.3) is 0 Å². The van der Waals surface area contributed by atoms with Gasteiger partial charge in [0.2, 0.25) is 0 Å². The van der Waals surface area contributed by atoms with E-state index in [0.29, 0.717) is 27.4 Å². The zero-order chi connectivity index (χ0) is 14.2. The van der Waals surface area contributed by atoms with Gasteiger partial charge in [-0.15, -0.1) is 0 Å². The highest BCUT2D eigenvalue weighted by Gasteiger charge is 2.35. The van der Waals surface area contributed by atoms with Crippen LogP contribution in [0.1, 0.15) is 13.8 Å². The SMILES string of the molecule is CC1(C)CN(C(=O)Nc2cccc(Cl)c2Cl)C(=S)N1. The Kier molecular flexibility index (Phi) is 3.90. The molecule has 0 aromatic heterocycles. The Morgan fingerprint density at radius 3 is 2.74 bits per heavy atom. The van der Waals surface area contributed by atoms with E-state index in [9.17, 15) is 4.79 Å². The molecule has 2 rings (SSSR count). The first kappa shape index (κ1) is 14.4. The molecule has 1 fully saturated rings. The summed E-state index contributed by atoms with van der Waals surface area (Å²) in [5.41, 5.74) is 0.235. The second-order valence-electron chi connectivity index (χ2n) is 4.93. The number of amides is 2. The van der Waals surface area contributed by atoms with Crippen LogP contribution in [0.5, 0.6) is 0 Å². The minimum atomic E-state index is -0.327. The first-order valence-corrected chi connectivity index (χ1v) is 6.81. The molecule has 1 saturated heterocycles. The number of urea groups is 1. The van der Waals surface area contributed by atoms with E-state index in [1.807, 2.05) is 13.8 Å². The lowest BCUT2D eigenvalue weighted by Crippen LogP contribution is -2.37. The van der Waals surface area contributed by atoms with Gasteiger partial charge in [-0.25, -0.2) is 4.79 Å². The predicted molar refractivity (Wildman–Crippen MR) is 82.0 cm³/mol. The van der Waals surface area contributed by atoms with E-state index in [1.165, 1.54) is 4.90 Å². The lowest BCUT2D eigenvalue weighted by molar-refractivity contribution is 0.233. The van der Waals surface area contributed by atoms with E-state index >= 15 is 0 Å². The van der Waals surface area contributed by atoms with Gasteiger partial charge in [-0.05, 0) is 38.2 Å². The van der Waals surface area contributed by atoms with Crippen LogP contribution in [0, 0.1) is 0 Å². The third-order valence-electron chi connectivity index (χ3n) is 2.68. The largest absolute Gasteiger partial charge is 0.355 e. The molecular weight excluding hydrogens is 305 g/mol. The first-order chi connectivity index (χ1) is 8.80. The molecule has 4 nitrogen and oxygen atoms in total. The molecule has 0 spiro atoms. The number of anilines is 1. The molecule has 1 aromatic rings. The second kappa shape index (κ2) is 5.15. The van der Waals surface area contributed by atoms with Gasteiger partial charge in [0.1, 0.15) is 0 Å². The lowest BCUT2D eigenvalue weighted by atomic mass is 10.1. The number of thiocarbonyl (C=S) groups is 1. The number of carbonyl (C=O) groups is 1. The zero-order valence-electron chi connectivity index (χ0n) is 10.5. The topological polar surface area (TPSA) is 44.4 Å². The van der Waals surface area contributed by atoms with Crippen molar-refractivity contribution in [2.75, 3.05) is 11.9 Å². The molecule has 1 aliphatic rings. The van der Waals surface area contributed by atoms with Gasteiger partial charge in [-0.3, -0.25) is 4.90 Å². The van der Waals surface area contributed by atoms with Crippen molar-refractivity contribution < 1.29 is 4.79 Å². The molecule has 2 amide bonds. The minimum Gasteiger partial charge on any atom is -0.355 e. The molecule has 1 aliphatic heterocycles. The Balaban J connectivity index is 2.14. The second-order valence-corrected chi connectivity index (χ2v) is 6.10. The molecule has 0 saturated carbocycles. The summed E-state index contributed by atoms with van der Waals surface area (Å²) in [6, 6.07) is 4.73. The first-order valence-electron chi connectivity index (χ1n) is 5.65. The maximum atomic E-state index is 12.2. The molecule has 0 atom stereocenters. The van der Waals surface area contributed by atoms with Gasteiger partial charge in [0, 0.05) is 0 Å². The maximum absolute atomic E-state index is 12.2. The van der Waals surface area contributed by atoms with Crippen molar-refractivity contribution in [3.63, 3.8) is 0 Å². The molecular formula is C12H13Cl2N3OS. The summed E-state index contributed by atoms with van der Waals surface area (Å²) in [5.74, 6) is 0. The van der Waals surface area contributed by atoms with Crippen molar-refractivity contribution in [2.24, 2.45) is 0 Å². The molecule has 0 bridgehead atoms. The Hall–Kier alpha value is -1.04. The van der Waals surface area contributed by atoms with Crippen molar-refractivity contribution in [1.29, 1.82) is 0 Å². The van der Waals surface area contributed by atoms with Crippen molar-refractivity contribution in [3.05, 3.63) is 28.2 Å². The van der Waals surface area contributed by atoms with Crippen LogP contribution < -0.4 is 10.6 Å². The van der Waals surface area contributed by atoms with Crippen LogP contribution in [0.2, 0.25) is 10.0 Å². The maximum Gasteiger partial charge on any atom is 0.328 e. The van der Waals surface area contributed by atoms with Crippen LogP contribution >= 0.6 is 35.4 Å². The van der Waals surface area contributed by atoms with Crippen molar-refractivity contribution in [2.45, 2.75) is 19.4 Å². The third-order valence-corrected chi connectivity index (χ3v) is 3.82. The molecule has 2 N–H and O–H groups in total. The van der Waals surface area contributed by atoms with E-state index in [2.05, 4.69) is 10.6 Å². The molecule has 1 heterocycles. The molecule has 102 valence electrons. The molecule has 0 radical (unpaired) electrons. The van der Waals surface area contributed by atoms with Crippen LogP contribution in [-0.4, -0.2) is 28.1 Å². The predicted octanol–water partition coefficient (Wildman–Crippen LogP) is 3.49. The summed E-state index contributed by atoms with van der Waals surface area (Å²) in [7, 11) is 0. The molecule has 1 aromatic carbocycles. The Morgan fingerprint density at radius 1 is 1.47 bits per heavy atom. The number of nitrogens with zero attached hydrogens (tertiary/aromatic N) is 1. The van der Waals surface area contributed by atoms with Crippen molar-refractivity contribution >= 4 is 52.3 Å². The highest BCUT2D eigenvalue weighted by Crippen LogP contribution is 2.30. The number of rotatable bonds is 1. The van der Waals surface area contributed by atoms with Crippen LogP contribution in [0.15, 0.2) is 18.2 Å². The summed E-state index contributed by atoms with van der Waals surface area (Å²) in [5, 5.41) is 6.89. The molecule has 7 heteroatoms. The number of carbonyl (C=O) groups excluding carboxylic acids is 1. The Morgan fingerprint density at radius 2 is 2.16 bits per heavy atom. The van der Waals surface area contributed by atoms with Crippen LogP contribution in [0.3, 0.4) is 0 Å². The fourth-order valence-electron chi connectivity index (χ4n) is 1.81. The van der Waals surface area contributed by atoms with E-state index in [0.717, 1.165) is 0 Å². The lowest BCUT2D eigenvalue weighted by Gasteiger charge is -2.18. The van der Waals surface area contributed by atoms with Gasteiger partial charge in [-0.2, -0.15) is 0 Å². The normalized spacial score (nSPS) is 17.3. The summed E-state index contributed by atoms with van der Waals surface area (Å²) in [6.07, 6.45) is 0. The summed E-state index contributed by atoms with van der Waals surface area (Å²) < 4.78 is 0. The van der Waals surface area contributed by atoms with Gasteiger partial charge in [0.15, 0.2) is 5.11 Å². The number of hydrogen-bond donors (Lipinski definition) is 2. The fourth-order valence-corrected chi connectivity index (χ4v) is 2.58. The van der Waals surface area contributed by atoms with E-state index in [1.54, 1.807) is 18.2 Å². The van der Waals surface area contributed by atoms with E-state index in [-0.39, 0.29) is 11.6 Å². The fraction of sp³-hybridized carbons (Fsp3) is 0.333. The van der Waals surface area contributed by atoms with E-state index < -0.39 is 0 Å². The highest BCUT2D eigenvalue weighted by molar-refractivity contribution is 7.80. The van der Waals surface area contributed by atoms with E-state index in [4.69, 9.17) is 35.4 Å². The average molecular weight is 318 g/mol. The highest BCUT2D eigenvalue weighted by atomic mass is 35.5. The Bertz CT molecular complexity index is 548. The van der Waals surface area contributed by atoms with Crippen molar-refractivity contribution in [3.8, 4) is 0 Å². The van der Waals surface area contributed by atoms with Crippen molar-refractivity contribution in [1.82, 2.24) is 10.2 Å². The summed E-state index contributed by atoms with van der Waals surface area (Å²) in [6.45, 7) is 4.44. The summed E-state index contributed by atoms with van der Waals surface area (Å²) in [4.78, 5) is 13.6. The quantitative estimate of drug-likeness (QED) is 0.779. The molecule has 19 heavy (non-hydrogen) atoms. The summed E-state index contributed by atoms with van der Waals surface area (Å²) >= 11 is 17.1. The van der Waals surface area contributed by atoms with Gasteiger partial charge in [-0.1, -0.05) is 29.3 Å². The van der Waals surface area contributed by atoms with Crippen LogP contribution in [0.25, 0.3) is 0 Å². The minimum absolute atomic E-state index is 0.230. The zero-order valence-corrected chi connectivity index (χ0v) is 12.8. The number of hydrogen-bond acceptors (Lipinski definition) is 2. The molecule has 0 aliphatic carbocycles. The van der Waals surface area contributed by atoms with Crippen LogP contribution in [0.4, 0.5) is 10.5 Å². The standard InChI is InChI=1S/C12H13Cl2N3OS/c1-12(2)6-17(11(19)16-12)10(18)15-8-5-3-4-7(13)9(8)14/h3-5H,6H2,1-2H3,(H,15,18)(H,16,19). The smallest absolute Gasteiger partial charge is 0.328 e. The monoisotopic (exact) mass is 317 g/mol. The average Bonchev–Trinajstić information content (AvgIpc) is 2.59. The van der Waals surface area contributed by atoms with Gasteiger partial charge in [0.05, 0.1) is 27.8 Å². The van der Waals surface area contributed by atoms with Crippen LogP contribution in [-0.2, 0) is 0 Å². The number of nitrogens with one attached hydrogen (secondary N) is 2. The third kappa shape index (κ3) is 3.11.